The van der Waals surface area contributed by atoms with Crippen molar-refractivity contribution >= 4 is 0 Å². The molecule has 0 bridgehead atoms. The molecule has 1 aromatic heterocycles. The van der Waals surface area contributed by atoms with Gasteiger partial charge < -0.3 is 0 Å². The second kappa shape index (κ2) is 2.95. The van der Waals surface area contributed by atoms with Crippen molar-refractivity contribution in [1.29, 1.82) is 0 Å². The van der Waals surface area contributed by atoms with E-state index >= 15 is 0 Å². The first kappa shape index (κ1) is 7.74. The van der Waals surface area contributed by atoms with Gasteiger partial charge in [0.05, 0.1) is 0 Å². The van der Waals surface area contributed by atoms with Crippen molar-refractivity contribution in [1.82, 2.24) is 0 Å². The molecule has 0 saturated heterocycles. The summed E-state index contributed by atoms with van der Waals surface area (Å²) < 4.78 is 2.32. The van der Waals surface area contributed by atoms with E-state index in [1.165, 1.54) is 16.8 Å². The fourth-order valence-corrected chi connectivity index (χ4v) is 2.14. The van der Waals surface area contributed by atoms with E-state index in [1.54, 1.807) is 0 Å². The van der Waals surface area contributed by atoms with Crippen LogP contribution in [-0.2, 0) is 13.0 Å². The molecule has 1 aromatic carbocycles. The van der Waals surface area contributed by atoms with Gasteiger partial charge in [-0.25, -0.2) is 0 Å². The van der Waals surface area contributed by atoms with Gasteiger partial charge in [0.1, 0.15) is 0 Å². The number of hydrogen-bond donors (Lipinski definition) is 0. The molecule has 1 aliphatic heterocycles. The van der Waals surface area contributed by atoms with Crippen molar-refractivity contribution in [2.75, 3.05) is 0 Å². The summed E-state index contributed by atoms with van der Waals surface area (Å²) in [6.45, 7) is 1.10. The summed E-state index contributed by atoms with van der Waals surface area (Å²) in [6.07, 6.45) is 3.31. The Labute approximate surface area is 83.6 Å². The molecule has 3 rings (SSSR count). The van der Waals surface area contributed by atoms with Crippen molar-refractivity contribution in [2.24, 2.45) is 0 Å². The van der Waals surface area contributed by atoms with Crippen molar-refractivity contribution in [3.05, 3.63) is 54.2 Å². The smallest absolute Gasteiger partial charge is 0.198 e. The highest BCUT2D eigenvalue weighted by molar-refractivity contribution is 5.61. The second-order valence-corrected chi connectivity index (χ2v) is 3.69. The van der Waals surface area contributed by atoms with Crippen LogP contribution in [0, 0.1) is 0 Å². The van der Waals surface area contributed by atoms with Gasteiger partial charge in [-0.3, -0.25) is 0 Å². The molecule has 0 N–H and O–H groups in total. The van der Waals surface area contributed by atoms with E-state index in [0.29, 0.717) is 0 Å². The maximum absolute atomic E-state index is 2.32. The first-order chi connectivity index (χ1) is 6.95. The Balaban J connectivity index is 2.29. The van der Waals surface area contributed by atoms with Crippen LogP contribution >= 0.6 is 0 Å². The molecule has 0 radical (unpaired) electrons. The zero-order valence-corrected chi connectivity index (χ0v) is 7.98. The number of rotatable bonds is 0. The molecule has 1 heteroatoms. The third kappa shape index (κ3) is 1.06. The van der Waals surface area contributed by atoms with Crippen molar-refractivity contribution in [2.45, 2.75) is 13.0 Å². The second-order valence-electron chi connectivity index (χ2n) is 3.69. The third-order valence-electron chi connectivity index (χ3n) is 2.86. The Hall–Kier alpha value is -1.63. The van der Waals surface area contributed by atoms with Crippen LogP contribution in [0.2, 0.25) is 0 Å². The lowest BCUT2D eigenvalue weighted by Gasteiger charge is -2.13. The van der Waals surface area contributed by atoms with Crippen LogP contribution in [0.1, 0.15) is 5.56 Å². The molecule has 1 aliphatic rings. The predicted molar refractivity (Wildman–Crippen MR) is 55.8 cm³/mol. The lowest BCUT2D eigenvalue weighted by Crippen LogP contribution is -2.39. The van der Waals surface area contributed by atoms with Crippen LogP contribution in [0.15, 0.2) is 48.7 Å². The number of hydrogen-bond acceptors (Lipinski definition) is 0. The molecule has 0 fully saturated rings. The molecular weight excluding hydrogens is 170 g/mol. The van der Waals surface area contributed by atoms with E-state index in [9.17, 15) is 0 Å². The molecule has 0 unspecified atom stereocenters. The molecule has 2 heterocycles. The highest BCUT2D eigenvalue weighted by atomic mass is 15.0. The summed E-state index contributed by atoms with van der Waals surface area (Å²) in [5, 5.41) is 0. The Morgan fingerprint density at radius 2 is 1.79 bits per heavy atom. The van der Waals surface area contributed by atoms with Crippen LogP contribution in [0.4, 0.5) is 0 Å². The van der Waals surface area contributed by atoms with Crippen molar-refractivity contribution < 1.29 is 4.57 Å². The van der Waals surface area contributed by atoms with E-state index in [1.807, 2.05) is 0 Å². The van der Waals surface area contributed by atoms with Crippen LogP contribution in [0.3, 0.4) is 0 Å². The van der Waals surface area contributed by atoms with Gasteiger partial charge in [0.2, 0.25) is 5.69 Å². The molecule has 1 nitrogen and oxygen atoms in total. The lowest BCUT2D eigenvalue weighted by molar-refractivity contribution is -0.687. The van der Waals surface area contributed by atoms with E-state index in [2.05, 4.69) is 53.2 Å². The summed E-state index contributed by atoms with van der Waals surface area (Å²) >= 11 is 0. The van der Waals surface area contributed by atoms with Crippen LogP contribution in [0.25, 0.3) is 11.3 Å². The van der Waals surface area contributed by atoms with Gasteiger partial charge in [0.15, 0.2) is 12.7 Å². The first-order valence-electron chi connectivity index (χ1n) is 5.02. The number of fused-ring (bicyclic) bond motifs is 3. The standard InChI is InChI=1S/C13H12N/c1-2-6-12-11(5-1)8-10-14-9-4-3-7-13(12)14/h1-7,9H,8,10H2/q+1. The SMILES string of the molecule is c1ccc2c(c1)CC[n+]1ccccc1-2. The average Bonchev–Trinajstić information content (AvgIpc) is 2.29. The zero-order valence-electron chi connectivity index (χ0n) is 7.98. The van der Waals surface area contributed by atoms with Gasteiger partial charge in [-0.15, -0.1) is 0 Å². The molecule has 2 aromatic rings. The fraction of sp³-hybridized carbons (Fsp3) is 0.154. The minimum absolute atomic E-state index is 1.10. The summed E-state index contributed by atoms with van der Waals surface area (Å²) in [5.41, 5.74) is 4.20. The molecule has 14 heavy (non-hydrogen) atoms. The van der Waals surface area contributed by atoms with E-state index < -0.39 is 0 Å². The molecule has 0 aliphatic carbocycles. The van der Waals surface area contributed by atoms with Crippen LogP contribution in [-0.4, -0.2) is 0 Å². The summed E-state index contributed by atoms with van der Waals surface area (Å²) in [4.78, 5) is 0. The fourth-order valence-electron chi connectivity index (χ4n) is 2.14. The maximum Gasteiger partial charge on any atom is 0.212 e. The first-order valence-corrected chi connectivity index (χ1v) is 5.02. The van der Waals surface area contributed by atoms with Crippen LogP contribution < -0.4 is 4.57 Å². The average molecular weight is 182 g/mol. The normalized spacial score (nSPS) is 13.1. The van der Waals surface area contributed by atoms with Crippen LogP contribution in [0.5, 0.6) is 0 Å². The highest BCUT2D eigenvalue weighted by Gasteiger charge is 2.20. The zero-order chi connectivity index (χ0) is 9.38. The van der Waals surface area contributed by atoms with Gasteiger partial charge in [0.25, 0.3) is 0 Å². The number of pyridine rings is 1. The van der Waals surface area contributed by atoms with E-state index in [4.69, 9.17) is 0 Å². The third-order valence-corrected chi connectivity index (χ3v) is 2.86. The maximum atomic E-state index is 2.32. The number of nitrogens with zero attached hydrogens (tertiary/aromatic N) is 1. The molecule has 0 atom stereocenters. The molecule has 0 spiro atoms. The number of benzene rings is 1. The molecule has 68 valence electrons. The Kier molecular flexibility index (Phi) is 1.63. The molecular formula is C13H12N+. The minimum atomic E-state index is 1.10. The molecule has 0 amide bonds. The summed E-state index contributed by atoms with van der Waals surface area (Å²) in [6, 6.07) is 15.1. The highest BCUT2D eigenvalue weighted by Crippen LogP contribution is 2.23. The Morgan fingerprint density at radius 1 is 0.929 bits per heavy atom. The Bertz CT molecular complexity index is 429. The largest absolute Gasteiger partial charge is 0.212 e. The lowest BCUT2D eigenvalue weighted by atomic mass is 9.98. The minimum Gasteiger partial charge on any atom is -0.198 e. The quantitative estimate of drug-likeness (QED) is 0.550. The summed E-state index contributed by atoms with van der Waals surface area (Å²) in [7, 11) is 0. The topological polar surface area (TPSA) is 3.88 Å². The van der Waals surface area contributed by atoms with Gasteiger partial charge in [-0.05, 0) is 17.7 Å². The number of aromatic nitrogens is 1. The summed E-state index contributed by atoms with van der Waals surface area (Å²) in [5.74, 6) is 0. The van der Waals surface area contributed by atoms with Crippen molar-refractivity contribution in [3.8, 4) is 11.3 Å². The Morgan fingerprint density at radius 3 is 2.79 bits per heavy atom. The van der Waals surface area contributed by atoms with Gasteiger partial charge in [-0.2, -0.15) is 4.57 Å². The van der Waals surface area contributed by atoms with E-state index in [-0.39, 0.29) is 0 Å². The van der Waals surface area contributed by atoms with E-state index in [0.717, 1.165) is 13.0 Å². The van der Waals surface area contributed by atoms with Gasteiger partial charge >= 0.3 is 0 Å². The molecule has 0 saturated carbocycles. The van der Waals surface area contributed by atoms with Gasteiger partial charge in [-0.1, -0.05) is 18.2 Å². The van der Waals surface area contributed by atoms with Gasteiger partial charge in [0, 0.05) is 24.1 Å². The predicted octanol–water partition coefficient (Wildman–Crippen LogP) is 2.20. The van der Waals surface area contributed by atoms with Crippen molar-refractivity contribution in [3.63, 3.8) is 0 Å². The monoisotopic (exact) mass is 182 g/mol. The number of aryl methyl sites for hydroxylation is 2.